The summed E-state index contributed by atoms with van der Waals surface area (Å²) in [6.07, 6.45) is 1.71. The molecule has 0 bridgehead atoms. The van der Waals surface area contributed by atoms with Gasteiger partial charge in [0.2, 0.25) is 0 Å². The van der Waals surface area contributed by atoms with Crippen molar-refractivity contribution in [2.75, 3.05) is 39.8 Å². The molecule has 1 fully saturated rings. The van der Waals surface area contributed by atoms with Gasteiger partial charge in [-0.05, 0) is 37.6 Å². The predicted octanol–water partition coefficient (Wildman–Crippen LogP) is 2.52. The van der Waals surface area contributed by atoms with E-state index in [-0.39, 0.29) is 36.3 Å². The van der Waals surface area contributed by atoms with Crippen molar-refractivity contribution in [3.05, 3.63) is 35.4 Å². The summed E-state index contributed by atoms with van der Waals surface area (Å²) < 4.78 is 0. The molecule has 1 heterocycles. The maximum Gasteiger partial charge on any atom is 0.251 e. The summed E-state index contributed by atoms with van der Waals surface area (Å²) in [7, 11) is 2.16. The Hall–Kier alpha value is -0.850. The number of benzene rings is 1. The Kier molecular flexibility index (Phi) is 11.4. The fourth-order valence-electron chi connectivity index (χ4n) is 2.93. The van der Waals surface area contributed by atoms with E-state index in [1.807, 2.05) is 18.2 Å². The highest BCUT2D eigenvalue weighted by atomic mass is 35.5. The maximum atomic E-state index is 12.4. The Morgan fingerprint density at radius 1 is 1.15 bits per heavy atom. The summed E-state index contributed by atoms with van der Waals surface area (Å²) in [6.45, 7) is 9.91. The minimum Gasteiger partial charge on any atom is -0.350 e. The number of nitrogens with one attached hydrogen (secondary N) is 1. The molecule has 5 nitrogen and oxygen atoms in total. The van der Waals surface area contributed by atoms with Crippen molar-refractivity contribution in [2.24, 2.45) is 5.73 Å². The summed E-state index contributed by atoms with van der Waals surface area (Å²) in [5, 5.41) is 2.99. The second-order valence-corrected chi connectivity index (χ2v) is 7.03. The summed E-state index contributed by atoms with van der Waals surface area (Å²) in [6, 6.07) is 7.94. The number of nitrogens with two attached hydrogens (primary N) is 1. The molecule has 0 unspecified atom stereocenters. The summed E-state index contributed by atoms with van der Waals surface area (Å²) in [4.78, 5) is 17.2. The molecule has 2 rings (SSSR count). The minimum atomic E-state index is -0.312. The van der Waals surface area contributed by atoms with Crippen LogP contribution in [0.25, 0.3) is 0 Å². The van der Waals surface area contributed by atoms with Gasteiger partial charge >= 0.3 is 0 Å². The zero-order valence-electron chi connectivity index (χ0n) is 16.2. The largest absolute Gasteiger partial charge is 0.350 e. The molecule has 3 N–H and O–H groups in total. The molecule has 150 valence electrons. The number of nitrogens with zero attached hydrogens (tertiary/aromatic N) is 2. The van der Waals surface area contributed by atoms with Gasteiger partial charge in [-0.2, -0.15) is 0 Å². The molecule has 0 saturated carbocycles. The zero-order chi connectivity index (χ0) is 17.6. The number of hydrogen-bond acceptors (Lipinski definition) is 4. The van der Waals surface area contributed by atoms with Crippen molar-refractivity contribution < 1.29 is 4.79 Å². The second kappa shape index (κ2) is 11.8. The Morgan fingerprint density at radius 3 is 2.35 bits per heavy atom. The molecule has 0 atom stereocenters. The number of carbonyl (C=O) groups is 1. The van der Waals surface area contributed by atoms with Crippen molar-refractivity contribution in [3.63, 3.8) is 0 Å². The number of likely N-dealkylation sites (N-methyl/N-ethyl adjacent to an activating group) is 1. The third-order valence-corrected chi connectivity index (χ3v) is 5.20. The van der Waals surface area contributed by atoms with E-state index in [4.69, 9.17) is 5.73 Å². The average molecular weight is 405 g/mol. The molecule has 0 radical (unpaired) electrons. The molecule has 1 aliphatic heterocycles. The van der Waals surface area contributed by atoms with E-state index in [0.29, 0.717) is 6.54 Å². The first-order chi connectivity index (χ1) is 11.5. The van der Waals surface area contributed by atoms with E-state index in [0.717, 1.165) is 51.1 Å². The summed E-state index contributed by atoms with van der Waals surface area (Å²) >= 11 is 0. The van der Waals surface area contributed by atoms with Crippen LogP contribution in [0.2, 0.25) is 0 Å². The number of piperazine rings is 1. The summed E-state index contributed by atoms with van der Waals surface area (Å²) in [5.74, 6) is -0.0352. The van der Waals surface area contributed by atoms with Crippen molar-refractivity contribution in [1.82, 2.24) is 15.1 Å². The highest BCUT2D eigenvalue weighted by Crippen LogP contribution is 2.12. The van der Waals surface area contributed by atoms with E-state index < -0.39 is 0 Å². The van der Waals surface area contributed by atoms with Gasteiger partial charge in [-0.1, -0.05) is 26.0 Å². The first-order valence-electron chi connectivity index (χ1n) is 9.02. The van der Waals surface area contributed by atoms with Gasteiger partial charge in [0.25, 0.3) is 5.91 Å². The van der Waals surface area contributed by atoms with E-state index in [1.54, 1.807) is 0 Å². The SMILES string of the molecule is CCC(N)(CC)CNC(=O)c1cccc(CN2CCN(C)CC2)c1.Cl.Cl. The first kappa shape index (κ1) is 25.1. The lowest BCUT2D eigenvalue weighted by molar-refractivity contribution is 0.0942. The molecule has 1 aromatic carbocycles. The van der Waals surface area contributed by atoms with Crippen LogP contribution in [0.4, 0.5) is 0 Å². The Bertz CT molecular complexity index is 544. The zero-order valence-corrected chi connectivity index (χ0v) is 17.8. The maximum absolute atomic E-state index is 12.4. The molecule has 7 heteroatoms. The van der Waals surface area contributed by atoms with Gasteiger partial charge in [0.05, 0.1) is 0 Å². The number of halogens is 2. The van der Waals surface area contributed by atoms with E-state index in [9.17, 15) is 4.79 Å². The van der Waals surface area contributed by atoms with Crippen LogP contribution in [0.15, 0.2) is 24.3 Å². The standard InChI is InChI=1S/C19H32N4O.2ClH/c1-4-19(20,5-2)15-21-18(24)17-8-6-7-16(13-17)14-23-11-9-22(3)10-12-23;;/h6-8,13H,4-5,9-12,14-15,20H2,1-3H3,(H,21,24);2*1H. The molecule has 0 aliphatic carbocycles. The van der Waals surface area contributed by atoms with Gasteiger partial charge in [0.15, 0.2) is 0 Å². The van der Waals surface area contributed by atoms with Crippen molar-refractivity contribution >= 4 is 30.7 Å². The van der Waals surface area contributed by atoms with Crippen molar-refractivity contribution in [3.8, 4) is 0 Å². The molecule has 26 heavy (non-hydrogen) atoms. The molecular formula is C19H34Cl2N4O. The van der Waals surface area contributed by atoms with Crippen LogP contribution >= 0.6 is 24.8 Å². The van der Waals surface area contributed by atoms with Crippen LogP contribution in [0.3, 0.4) is 0 Å². The van der Waals surface area contributed by atoms with Gasteiger partial charge in [0.1, 0.15) is 0 Å². The second-order valence-electron chi connectivity index (χ2n) is 7.03. The van der Waals surface area contributed by atoms with Crippen molar-refractivity contribution in [1.29, 1.82) is 0 Å². The quantitative estimate of drug-likeness (QED) is 0.732. The lowest BCUT2D eigenvalue weighted by Gasteiger charge is -2.32. The van der Waals surface area contributed by atoms with E-state index in [2.05, 4.69) is 42.1 Å². The molecule has 0 spiro atoms. The molecule has 1 saturated heterocycles. The highest BCUT2D eigenvalue weighted by Gasteiger charge is 2.21. The first-order valence-corrected chi connectivity index (χ1v) is 9.02. The van der Waals surface area contributed by atoms with Crippen LogP contribution in [-0.2, 0) is 6.54 Å². The lowest BCUT2D eigenvalue weighted by atomic mass is 9.94. The minimum absolute atomic E-state index is 0. The topological polar surface area (TPSA) is 61.6 Å². The van der Waals surface area contributed by atoms with Crippen molar-refractivity contribution in [2.45, 2.75) is 38.8 Å². The third-order valence-electron chi connectivity index (χ3n) is 5.20. The smallest absolute Gasteiger partial charge is 0.251 e. The normalized spacial score (nSPS) is 15.7. The van der Waals surface area contributed by atoms with Gasteiger partial charge < -0.3 is 16.0 Å². The molecular weight excluding hydrogens is 371 g/mol. The van der Waals surface area contributed by atoms with Crippen LogP contribution in [0.5, 0.6) is 0 Å². The van der Waals surface area contributed by atoms with Gasteiger partial charge in [-0.15, -0.1) is 24.8 Å². The average Bonchev–Trinajstić information content (AvgIpc) is 2.61. The summed E-state index contributed by atoms with van der Waals surface area (Å²) in [5.41, 5.74) is 7.86. The van der Waals surface area contributed by atoms with Gasteiger partial charge in [-0.25, -0.2) is 0 Å². The molecule has 1 aromatic rings. The Morgan fingerprint density at radius 2 is 1.77 bits per heavy atom. The lowest BCUT2D eigenvalue weighted by Crippen LogP contribution is -2.49. The molecule has 0 aromatic heterocycles. The van der Waals surface area contributed by atoms with E-state index >= 15 is 0 Å². The predicted molar refractivity (Wildman–Crippen MR) is 114 cm³/mol. The van der Waals surface area contributed by atoms with Gasteiger partial charge in [0, 0.05) is 50.4 Å². The monoisotopic (exact) mass is 404 g/mol. The third kappa shape index (κ3) is 7.41. The molecule has 1 aliphatic rings. The van der Waals surface area contributed by atoms with Crippen LogP contribution in [0.1, 0.15) is 42.6 Å². The van der Waals surface area contributed by atoms with Crippen LogP contribution in [0, 0.1) is 0 Å². The fraction of sp³-hybridized carbons (Fsp3) is 0.632. The number of carbonyl (C=O) groups excluding carboxylic acids is 1. The van der Waals surface area contributed by atoms with Gasteiger partial charge in [-0.3, -0.25) is 9.69 Å². The Balaban J connectivity index is 0.00000312. The Labute approximate surface area is 170 Å². The highest BCUT2D eigenvalue weighted by molar-refractivity contribution is 5.94. The molecule has 1 amide bonds. The fourth-order valence-corrected chi connectivity index (χ4v) is 2.93. The van der Waals surface area contributed by atoms with Crippen LogP contribution in [-0.4, -0.2) is 61.0 Å². The number of amides is 1. The number of rotatable bonds is 7. The van der Waals surface area contributed by atoms with Crippen LogP contribution < -0.4 is 11.1 Å². The van der Waals surface area contributed by atoms with E-state index in [1.165, 1.54) is 5.56 Å². The number of hydrogen-bond donors (Lipinski definition) is 2.